The Labute approximate surface area is 101 Å². The summed E-state index contributed by atoms with van der Waals surface area (Å²) in [5.74, 6) is 0. The minimum absolute atomic E-state index is 0.775. The third-order valence-corrected chi connectivity index (χ3v) is 2.84. The van der Waals surface area contributed by atoms with Gasteiger partial charge in [0.1, 0.15) is 0 Å². The second-order valence-electron chi connectivity index (χ2n) is 3.06. The molecule has 0 aliphatic heterocycles. The lowest BCUT2D eigenvalue weighted by molar-refractivity contribution is 1.50. The number of aryl methyl sites for hydroxylation is 1. The first kappa shape index (κ1) is 12.4. The number of fused-ring (bicyclic) bond motifs is 1. The molecule has 0 aliphatic rings. The summed E-state index contributed by atoms with van der Waals surface area (Å²) in [6.45, 7) is 5.98. The highest BCUT2D eigenvalue weighted by Crippen LogP contribution is 2.28. The van der Waals surface area contributed by atoms with Crippen molar-refractivity contribution in [2.45, 2.75) is 20.8 Å². The molecule has 2 heteroatoms. The molecule has 0 unspecified atom stereocenters. The molecule has 2 aromatic carbocycles. The highest BCUT2D eigenvalue weighted by atomic mass is 35.5. The normalized spacial score (nSPS) is 9.67. The van der Waals surface area contributed by atoms with Gasteiger partial charge in [-0.1, -0.05) is 49.2 Å². The van der Waals surface area contributed by atoms with Gasteiger partial charge in [0.05, 0.1) is 0 Å². The number of benzene rings is 2. The Morgan fingerprint density at radius 3 is 2.27 bits per heavy atom. The first-order chi connectivity index (χ1) is 7.18. The SMILES string of the molecule is CC.Cc1cc2c(Cl)cccc2cc1Cl. The Kier molecular flexibility index (Phi) is 4.44. The molecule has 0 saturated heterocycles. The largest absolute Gasteiger partial charge is 0.0840 e. The van der Waals surface area contributed by atoms with Crippen molar-refractivity contribution in [1.82, 2.24) is 0 Å². The summed E-state index contributed by atoms with van der Waals surface area (Å²) in [6, 6.07) is 9.78. The number of hydrogen-bond donors (Lipinski definition) is 0. The zero-order valence-corrected chi connectivity index (χ0v) is 10.7. The fourth-order valence-electron chi connectivity index (χ4n) is 1.37. The molecule has 0 aliphatic carbocycles. The van der Waals surface area contributed by atoms with Gasteiger partial charge in [0, 0.05) is 15.4 Å². The Bertz CT molecular complexity index is 461. The van der Waals surface area contributed by atoms with E-state index in [0.29, 0.717) is 0 Å². The van der Waals surface area contributed by atoms with Gasteiger partial charge in [-0.2, -0.15) is 0 Å². The van der Waals surface area contributed by atoms with Crippen LogP contribution in [-0.4, -0.2) is 0 Å². The molecule has 0 nitrogen and oxygen atoms in total. The van der Waals surface area contributed by atoms with Crippen LogP contribution in [0.15, 0.2) is 30.3 Å². The summed E-state index contributed by atoms with van der Waals surface area (Å²) in [4.78, 5) is 0. The van der Waals surface area contributed by atoms with Crippen LogP contribution < -0.4 is 0 Å². The number of rotatable bonds is 0. The lowest BCUT2D eigenvalue weighted by Gasteiger charge is -2.03. The quantitative estimate of drug-likeness (QED) is 0.572. The molecule has 0 atom stereocenters. The van der Waals surface area contributed by atoms with Crippen molar-refractivity contribution in [2.24, 2.45) is 0 Å². The van der Waals surface area contributed by atoms with Crippen molar-refractivity contribution in [3.8, 4) is 0 Å². The Morgan fingerprint density at radius 1 is 0.933 bits per heavy atom. The van der Waals surface area contributed by atoms with Crippen molar-refractivity contribution in [3.63, 3.8) is 0 Å². The van der Waals surface area contributed by atoms with Gasteiger partial charge in [-0.05, 0) is 36.1 Å². The average molecular weight is 241 g/mol. The van der Waals surface area contributed by atoms with Crippen LogP contribution in [0.4, 0.5) is 0 Å². The van der Waals surface area contributed by atoms with E-state index in [1.807, 2.05) is 51.1 Å². The lowest BCUT2D eigenvalue weighted by Crippen LogP contribution is -1.78. The number of halogens is 2. The van der Waals surface area contributed by atoms with E-state index in [-0.39, 0.29) is 0 Å². The van der Waals surface area contributed by atoms with Crippen LogP contribution >= 0.6 is 23.2 Å². The second kappa shape index (κ2) is 5.39. The molecule has 0 saturated carbocycles. The fourth-order valence-corrected chi connectivity index (χ4v) is 1.78. The highest BCUT2D eigenvalue weighted by molar-refractivity contribution is 6.36. The van der Waals surface area contributed by atoms with Gasteiger partial charge >= 0.3 is 0 Å². The monoisotopic (exact) mass is 240 g/mol. The molecule has 0 spiro atoms. The van der Waals surface area contributed by atoms with Crippen molar-refractivity contribution in [2.75, 3.05) is 0 Å². The van der Waals surface area contributed by atoms with Gasteiger partial charge in [0.2, 0.25) is 0 Å². The Morgan fingerprint density at radius 2 is 1.60 bits per heavy atom. The van der Waals surface area contributed by atoms with E-state index in [4.69, 9.17) is 23.2 Å². The van der Waals surface area contributed by atoms with E-state index in [9.17, 15) is 0 Å². The minimum Gasteiger partial charge on any atom is -0.0840 e. The summed E-state index contributed by atoms with van der Waals surface area (Å²) in [6.07, 6.45) is 0. The first-order valence-electron chi connectivity index (χ1n) is 5.03. The van der Waals surface area contributed by atoms with Crippen molar-refractivity contribution < 1.29 is 0 Å². The second-order valence-corrected chi connectivity index (χ2v) is 3.88. The van der Waals surface area contributed by atoms with E-state index in [1.54, 1.807) is 0 Å². The summed E-state index contributed by atoms with van der Waals surface area (Å²) in [7, 11) is 0. The minimum atomic E-state index is 0.775. The Balaban J connectivity index is 0.000000531. The molecule has 15 heavy (non-hydrogen) atoms. The predicted molar refractivity (Wildman–Crippen MR) is 70.1 cm³/mol. The first-order valence-corrected chi connectivity index (χ1v) is 5.78. The van der Waals surface area contributed by atoms with Crippen LogP contribution in [0.1, 0.15) is 19.4 Å². The van der Waals surface area contributed by atoms with Crippen LogP contribution in [0, 0.1) is 6.92 Å². The summed E-state index contributed by atoms with van der Waals surface area (Å²) >= 11 is 12.0. The van der Waals surface area contributed by atoms with Crippen molar-refractivity contribution in [3.05, 3.63) is 45.9 Å². The zero-order chi connectivity index (χ0) is 11.4. The molecule has 0 fully saturated rings. The fraction of sp³-hybridized carbons (Fsp3) is 0.231. The van der Waals surface area contributed by atoms with E-state index in [1.165, 1.54) is 0 Å². The molecule has 0 bridgehead atoms. The molecule has 0 aromatic heterocycles. The van der Waals surface area contributed by atoms with Gasteiger partial charge in [-0.25, -0.2) is 0 Å². The standard InChI is InChI=1S/C11H8Cl2.C2H6/c1-7-5-9-8(6-11(7)13)3-2-4-10(9)12;1-2/h2-6H,1H3;1-2H3. The smallest absolute Gasteiger partial charge is 0.0484 e. The molecule has 80 valence electrons. The Hall–Kier alpha value is -0.720. The van der Waals surface area contributed by atoms with Gasteiger partial charge in [0.25, 0.3) is 0 Å². The molecule has 0 N–H and O–H groups in total. The van der Waals surface area contributed by atoms with Gasteiger partial charge < -0.3 is 0 Å². The maximum absolute atomic E-state index is 6.04. The van der Waals surface area contributed by atoms with Crippen LogP contribution in [0.25, 0.3) is 10.8 Å². The topological polar surface area (TPSA) is 0 Å². The summed E-state index contributed by atoms with van der Waals surface area (Å²) in [5, 5.41) is 3.71. The number of hydrogen-bond acceptors (Lipinski definition) is 0. The van der Waals surface area contributed by atoms with Gasteiger partial charge in [0.15, 0.2) is 0 Å². The molecule has 0 amide bonds. The van der Waals surface area contributed by atoms with E-state index in [0.717, 1.165) is 26.4 Å². The zero-order valence-electron chi connectivity index (χ0n) is 9.14. The third kappa shape index (κ3) is 2.64. The maximum Gasteiger partial charge on any atom is 0.0484 e. The lowest BCUT2D eigenvalue weighted by atomic mass is 10.1. The molecule has 0 heterocycles. The van der Waals surface area contributed by atoms with Gasteiger partial charge in [-0.3, -0.25) is 0 Å². The third-order valence-electron chi connectivity index (χ3n) is 2.11. The molecule has 0 radical (unpaired) electrons. The van der Waals surface area contributed by atoms with Gasteiger partial charge in [-0.15, -0.1) is 0 Å². The summed E-state index contributed by atoms with van der Waals surface area (Å²) < 4.78 is 0. The summed E-state index contributed by atoms with van der Waals surface area (Å²) in [5.41, 5.74) is 1.06. The van der Waals surface area contributed by atoms with Crippen LogP contribution in [0.5, 0.6) is 0 Å². The van der Waals surface area contributed by atoms with Crippen LogP contribution in [-0.2, 0) is 0 Å². The van der Waals surface area contributed by atoms with E-state index in [2.05, 4.69) is 0 Å². The highest BCUT2D eigenvalue weighted by Gasteiger charge is 2.01. The van der Waals surface area contributed by atoms with Crippen LogP contribution in [0.3, 0.4) is 0 Å². The molecular weight excluding hydrogens is 227 g/mol. The van der Waals surface area contributed by atoms with Crippen molar-refractivity contribution in [1.29, 1.82) is 0 Å². The maximum atomic E-state index is 6.04. The van der Waals surface area contributed by atoms with E-state index >= 15 is 0 Å². The molecular formula is C13H14Cl2. The van der Waals surface area contributed by atoms with Crippen molar-refractivity contribution >= 4 is 34.0 Å². The van der Waals surface area contributed by atoms with Crippen LogP contribution in [0.2, 0.25) is 10.0 Å². The van der Waals surface area contributed by atoms with E-state index < -0.39 is 0 Å². The average Bonchev–Trinajstić information content (AvgIpc) is 2.24. The molecule has 2 rings (SSSR count). The molecule has 2 aromatic rings. The predicted octanol–water partition coefficient (Wildman–Crippen LogP) is 5.48.